The Bertz CT molecular complexity index is 586. The second-order valence-corrected chi connectivity index (χ2v) is 4.62. The highest BCUT2D eigenvalue weighted by atomic mass is 15.3. The number of anilines is 1. The van der Waals surface area contributed by atoms with E-state index in [-0.39, 0.29) is 0 Å². The van der Waals surface area contributed by atoms with Crippen LogP contribution in [0.3, 0.4) is 0 Å². The lowest BCUT2D eigenvalue weighted by molar-refractivity contribution is 0.740. The lowest BCUT2D eigenvalue weighted by Crippen LogP contribution is -2.07. The summed E-state index contributed by atoms with van der Waals surface area (Å²) >= 11 is 0. The van der Waals surface area contributed by atoms with Crippen LogP contribution >= 0.6 is 0 Å². The zero-order valence-electron chi connectivity index (χ0n) is 12.3. The third kappa shape index (κ3) is 2.45. The van der Waals surface area contributed by atoms with E-state index in [1.165, 1.54) is 0 Å². The fourth-order valence-corrected chi connectivity index (χ4v) is 2.09. The zero-order chi connectivity index (χ0) is 14.0. The second kappa shape index (κ2) is 5.38. The quantitative estimate of drug-likeness (QED) is 0.916. The molecule has 0 radical (unpaired) electrons. The van der Waals surface area contributed by atoms with Crippen LogP contribution in [0.5, 0.6) is 0 Å². The van der Waals surface area contributed by atoms with E-state index >= 15 is 0 Å². The Labute approximate surface area is 114 Å². The van der Waals surface area contributed by atoms with Crippen molar-refractivity contribution in [2.24, 2.45) is 7.05 Å². The Morgan fingerprint density at radius 2 is 1.95 bits per heavy atom. The number of rotatable bonds is 4. The maximum Gasteiger partial charge on any atom is 0.165 e. The Hall–Kier alpha value is -1.91. The fraction of sp³-hybridized carbons (Fsp3) is 0.500. The number of nitrogens with zero attached hydrogens (tertiary/aromatic N) is 4. The van der Waals surface area contributed by atoms with Gasteiger partial charge in [0.25, 0.3) is 0 Å². The van der Waals surface area contributed by atoms with Gasteiger partial charge in [0.1, 0.15) is 5.82 Å². The normalized spacial score (nSPS) is 10.8. The molecule has 2 heterocycles. The molecule has 0 fully saturated rings. The van der Waals surface area contributed by atoms with Crippen LogP contribution in [0, 0.1) is 13.8 Å². The average molecular weight is 259 g/mol. The van der Waals surface area contributed by atoms with Gasteiger partial charge in [-0.15, -0.1) is 0 Å². The molecular formula is C14H21N5. The lowest BCUT2D eigenvalue weighted by Gasteiger charge is -2.12. The van der Waals surface area contributed by atoms with Crippen molar-refractivity contribution in [1.29, 1.82) is 0 Å². The third-order valence-electron chi connectivity index (χ3n) is 3.40. The van der Waals surface area contributed by atoms with Crippen LogP contribution in [-0.2, 0) is 13.5 Å². The van der Waals surface area contributed by atoms with Gasteiger partial charge in [0.15, 0.2) is 5.82 Å². The van der Waals surface area contributed by atoms with Gasteiger partial charge in [0.2, 0.25) is 0 Å². The van der Waals surface area contributed by atoms with Crippen molar-refractivity contribution in [3.05, 3.63) is 23.1 Å². The van der Waals surface area contributed by atoms with Gasteiger partial charge in [0, 0.05) is 30.5 Å². The smallest absolute Gasteiger partial charge is 0.165 e. The van der Waals surface area contributed by atoms with Gasteiger partial charge in [-0.1, -0.05) is 6.92 Å². The summed E-state index contributed by atoms with van der Waals surface area (Å²) in [4.78, 5) is 9.31. The van der Waals surface area contributed by atoms with E-state index in [2.05, 4.69) is 41.2 Å². The number of nitrogens with one attached hydrogen (secondary N) is 1. The molecule has 102 valence electrons. The molecule has 2 aromatic rings. The van der Waals surface area contributed by atoms with Crippen molar-refractivity contribution in [3.8, 4) is 11.4 Å². The number of aryl methyl sites for hydroxylation is 2. The van der Waals surface area contributed by atoms with Crippen molar-refractivity contribution in [3.63, 3.8) is 0 Å². The molecule has 0 atom stereocenters. The van der Waals surface area contributed by atoms with E-state index in [9.17, 15) is 0 Å². The Balaban J connectivity index is 2.57. The van der Waals surface area contributed by atoms with Crippen LogP contribution < -0.4 is 5.32 Å². The minimum Gasteiger partial charge on any atom is -0.370 e. The predicted octanol–water partition coefficient (Wildman–Crippen LogP) is 2.49. The number of hydrogen-bond acceptors (Lipinski definition) is 4. The lowest BCUT2D eigenvalue weighted by atomic mass is 10.1. The highest BCUT2D eigenvalue weighted by Crippen LogP contribution is 2.24. The van der Waals surface area contributed by atoms with Gasteiger partial charge in [-0.05, 0) is 27.2 Å². The van der Waals surface area contributed by atoms with Gasteiger partial charge < -0.3 is 5.32 Å². The summed E-state index contributed by atoms with van der Waals surface area (Å²) in [6.45, 7) is 9.14. The summed E-state index contributed by atoms with van der Waals surface area (Å²) in [5, 5.41) is 7.57. The van der Waals surface area contributed by atoms with Crippen LogP contribution in [0.1, 0.15) is 30.8 Å². The molecule has 0 unspecified atom stereocenters. The van der Waals surface area contributed by atoms with Gasteiger partial charge in [-0.3, -0.25) is 4.68 Å². The minimum atomic E-state index is 0.754. The van der Waals surface area contributed by atoms with Crippen molar-refractivity contribution < 1.29 is 0 Å². The molecule has 0 amide bonds. The molecule has 0 spiro atoms. The summed E-state index contributed by atoms with van der Waals surface area (Å²) in [5.41, 5.74) is 4.29. The standard InChI is InChI=1S/C14H21N5/c1-6-12-9(3)13(15-7-2)18-14(17-12)11-8-16-19(5)10(11)4/h8H,6-7H2,1-5H3,(H,15,17,18). The van der Waals surface area contributed by atoms with Crippen LogP contribution in [0.15, 0.2) is 6.20 Å². The summed E-state index contributed by atoms with van der Waals surface area (Å²) in [7, 11) is 1.93. The van der Waals surface area contributed by atoms with Gasteiger partial charge in [-0.2, -0.15) is 5.10 Å². The van der Waals surface area contributed by atoms with E-state index in [0.717, 1.165) is 47.1 Å². The maximum absolute atomic E-state index is 4.67. The summed E-state index contributed by atoms with van der Waals surface area (Å²) < 4.78 is 1.84. The van der Waals surface area contributed by atoms with Crippen molar-refractivity contribution in [1.82, 2.24) is 19.7 Å². The van der Waals surface area contributed by atoms with Crippen LogP contribution in [0.4, 0.5) is 5.82 Å². The molecule has 0 saturated heterocycles. The molecule has 0 aliphatic rings. The molecule has 19 heavy (non-hydrogen) atoms. The molecule has 1 N–H and O–H groups in total. The van der Waals surface area contributed by atoms with Gasteiger partial charge in [0.05, 0.1) is 11.8 Å². The van der Waals surface area contributed by atoms with Crippen molar-refractivity contribution in [2.45, 2.75) is 34.1 Å². The summed E-state index contributed by atoms with van der Waals surface area (Å²) in [5.74, 6) is 1.68. The molecule has 0 aromatic carbocycles. The first kappa shape index (κ1) is 13.5. The predicted molar refractivity (Wildman–Crippen MR) is 77.2 cm³/mol. The second-order valence-electron chi connectivity index (χ2n) is 4.62. The Kier molecular flexibility index (Phi) is 3.83. The SMILES string of the molecule is CCNc1nc(-c2cnn(C)c2C)nc(CC)c1C. The van der Waals surface area contributed by atoms with E-state index in [4.69, 9.17) is 0 Å². The first-order valence-electron chi connectivity index (χ1n) is 6.68. The van der Waals surface area contributed by atoms with Crippen molar-refractivity contribution in [2.75, 3.05) is 11.9 Å². The van der Waals surface area contributed by atoms with Crippen LogP contribution in [-0.4, -0.2) is 26.3 Å². The fourth-order valence-electron chi connectivity index (χ4n) is 2.09. The first-order valence-corrected chi connectivity index (χ1v) is 6.68. The Morgan fingerprint density at radius 3 is 2.47 bits per heavy atom. The van der Waals surface area contributed by atoms with Crippen molar-refractivity contribution >= 4 is 5.82 Å². The number of aromatic nitrogens is 4. The largest absolute Gasteiger partial charge is 0.370 e. The molecule has 2 aromatic heterocycles. The number of hydrogen-bond donors (Lipinski definition) is 1. The molecular weight excluding hydrogens is 238 g/mol. The molecule has 0 saturated carbocycles. The summed E-state index contributed by atoms with van der Waals surface area (Å²) in [6, 6.07) is 0. The monoisotopic (exact) mass is 259 g/mol. The van der Waals surface area contributed by atoms with Gasteiger partial charge in [-0.25, -0.2) is 9.97 Å². The summed E-state index contributed by atoms with van der Waals surface area (Å²) in [6.07, 6.45) is 2.73. The molecule has 5 nitrogen and oxygen atoms in total. The Morgan fingerprint density at radius 1 is 1.21 bits per heavy atom. The highest BCUT2D eigenvalue weighted by Gasteiger charge is 2.14. The maximum atomic E-state index is 4.67. The van der Waals surface area contributed by atoms with Crippen LogP contribution in [0.25, 0.3) is 11.4 Å². The van der Waals surface area contributed by atoms with E-state index in [1.807, 2.05) is 24.9 Å². The van der Waals surface area contributed by atoms with Gasteiger partial charge >= 0.3 is 0 Å². The average Bonchev–Trinajstić information content (AvgIpc) is 2.73. The van der Waals surface area contributed by atoms with Crippen LogP contribution in [0.2, 0.25) is 0 Å². The first-order chi connectivity index (χ1) is 9.08. The minimum absolute atomic E-state index is 0.754. The molecule has 2 rings (SSSR count). The zero-order valence-corrected chi connectivity index (χ0v) is 12.3. The third-order valence-corrected chi connectivity index (χ3v) is 3.40. The van der Waals surface area contributed by atoms with E-state index in [0.29, 0.717) is 0 Å². The molecule has 0 bridgehead atoms. The molecule has 0 aliphatic carbocycles. The van der Waals surface area contributed by atoms with E-state index in [1.54, 1.807) is 0 Å². The molecule has 5 heteroatoms. The molecule has 0 aliphatic heterocycles. The topological polar surface area (TPSA) is 55.6 Å². The highest BCUT2D eigenvalue weighted by molar-refractivity contribution is 5.61. The van der Waals surface area contributed by atoms with E-state index < -0.39 is 0 Å².